The molecular formula is C17H20N2O3S. The third-order valence-corrected chi connectivity index (χ3v) is 5.49. The molecular weight excluding hydrogens is 312 g/mol. The van der Waals surface area contributed by atoms with Gasteiger partial charge in [-0.25, -0.2) is 4.98 Å². The zero-order valence-corrected chi connectivity index (χ0v) is 13.9. The lowest BCUT2D eigenvalue weighted by Crippen LogP contribution is -2.31. The van der Waals surface area contributed by atoms with Crippen LogP contribution < -0.4 is 5.32 Å². The number of amides is 1. The molecule has 1 aromatic heterocycles. The van der Waals surface area contributed by atoms with Crippen LogP contribution in [0.5, 0.6) is 0 Å². The largest absolute Gasteiger partial charge is 0.455 e. The van der Waals surface area contributed by atoms with Crippen molar-refractivity contribution in [1.82, 2.24) is 10.3 Å². The minimum atomic E-state index is -0.286. The maximum Gasteiger partial charge on any atom is 0.310 e. The number of rotatable bonds is 4. The molecule has 0 unspecified atom stereocenters. The third-order valence-electron chi connectivity index (χ3n) is 4.32. The average Bonchev–Trinajstić information content (AvgIpc) is 3.03. The molecule has 1 fully saturated rings. The molecule has 0 aliphatic heterocycles. The van der Waals surface area contributed by atoms with E-state index in [-0.39, 0.29) is 30.3 Å². The van der Waals surface area contributed by atoms with Gasteiger partial charge in [0.1, 0.15) is 0 Å². The second-order valence-corrected chi connectivity index (χ2v) is 6.86. The van der Waals surface area contributed by atoms with Crippen molar-refractivity contribution in [2.24, 2.45) is 5.92 Å². The van der Waals surface area contributed by atoms with Crippen molar-refractivity contribution in [1.29, 1.82) is 0 Å². The van der Waals surface area contributed by atoms with E-state index in [1.807, 2.05) is 18.2 Å². The molecule has 0 bridgehead atoms. The summed E-state index contributed by atoms with van der Waals surface area (Å²) in [6.07, 6.45) is 3.85. The number of likely N-dealkylation sites (N-methyl/N-ethyl adjacent to an activating group) is 1. The number of aromatic nitrogens is 1. The van der Waals surface area contributed by atoms with Gasteiger partial charge in [-0.3, -0.25) is 9.59 Å². The van der Waals surface area contributed by atoms with Gasteiger partial charge >= 0.3 is 5.97 Å². The van der Waals surface area contributed by atoms with E-state index in [2.05, 4.69) is 11.4 Å². The maximum atomic E-state index is 12.4. The number of carbonyl (C=O) groups excluding carboxylic acids is 2. The van der Waals surface area contributed by atoms with E-state index >= 15 is 0 Å². The lowest BCUT2D eigenvalue weighted by atomic mass is 9.79. The van der Waals surface area contributed by atoms with Crippen LogP contribution in [0.4, 0.5) is 0 Å². The molecule has 2 aromatic rings. The molecule has 6 heteroatoms. The molecule has 5 nitrogen and oxygen atoms in total. The summed E-state index contributed by atoms with van der Waals surface area (Å²) in [5.41, 5.74) is 0.982. The van der Waals surface area contributed by atoms with Crippen LogP contribution in [0.15, 0.2) is 24.3 Å². The first-order chi connectivity index (χ1) is 11.2. The lowest BCUT2D eigenvalue weighted by Gasteiger charge is -2.28. The molecule has 23 heavy (non-hydrogen) atoms. The van der Waals surface area contributed by atoms with Gasteiger partial charge in [-0.15, -0.1) is 11.3 Å². The molecule has 0 spiro atoms. The molecule has 1 heterocycles. The van der Waals surface area contributed by atoms with Crippen molar-refractivity contribution in [3.63, 3.8) is 0 Å². The highest BCUT2D eigenvalue weighted by Gasteiger charge is 2.35. The monoisotopic (exact) mass is 332 g/mol. The maximum absolute atomic E-state index is 12.4. The first-order valence-electron chi connectivity index (χ1n) is 7.91. The van der Waals surface area contributed by atoms with E-state index in [0.717, 1.165) is 40.9 Å². The van der Waals surface area contributed by atoms with Gasteiger partial charge in [0.25, 0.3) is 5.91 Å². The molecule has 3 rings (SSSR count). The van der Waals surface area contributed by atoms with Crippen molar-refractivity contribution < 1.29 is 14.3 Å². The molecule has 1 aliphatic rings. The summed E-state index contributed by atoms with van der Waals surface area (Å²) in [7, 11) is 1.53. The molecule has 1 saturated carbocycles. The van der Waals surface area contributed by atoms with Crippen molar-refractivity contribution in [2.75, 3.05) is 13.7 Å². The fourth-order valence-corrected chi connectivity index (χ4v) is 4.24. The predicted molar refractivity (Wildman–Crippen MR) is 89.3 cm³/mol. The highest BCUT2D eigenvalue weighted by molar-refractivity contribution is 7.18. The van der Waals surface area contributed by atoms with Gasteiger partial charge in [-0.2, -0.15) is 0 Å². The summed E-state index contributed by atoms with van der Waals surface area (Å²) in [5, 5.41) is 3.46. The van der Waals surface area contributed by atoms with E-state index in [4.69, 9.17) is 9.72 Å². The van der Waals surface area contributed by atoms with Gasteiger partial charge in [0.05, 0.1) is 21.1 Å². The van der Waals surface area contributed by atoms with Crippen LogP contribution in [0.3, 0.4) is 0 Å². The lowest BCUT2D eigenvalue weighted by molar-refractivity contribution is -0.154. The molecule has 1 N–H and O–H groups in total. The summed E-state index contributed by atoms with van der Waals surface area (Å²) >= 11 is 1.66. The van der Waals surface area contributed by atoms with Crippen molar-refractivity contribution in [2.45, 2.75) is 31.6 Å². The number of para-hydroxylation sites is 1. The average molecular weight is 332 g/mol. The van der Waals surface area contributed by atoms with Gasteiger partial charge in [0, 0.05) is 13.0 Å². The van der Waals surface area contributed by atoms with Gasteiger partial charge in [-0.05, 0) is 25.0 Å². The van der Waals surface area contributed by atoms with Crippen LogP contribution in [0, 0.1) is 5.92 Å². The van der Waals surface area contributed by atoms with Crippen LogP contribution in [-0.2, 0) is 14.3 Å². The van der Waals surface area contributed by atoms with Crippen LogP contribution in [-0.4, -0.2) is 30.5 Å². The quantitative estimate of drug-likeness (QED) is 0.874. The number of fused-ring (bicyclic) bond motifs is 1. The van der Waals surface area contributed by atoms with E-state index < -0.39 is 0 Å². The standard InChI is InChI=1S/C17H20N2O3S/c1-18-15(20)10-22-17(21)12-7-3-2-6-11(12)16-19-13-8-4-5-9-14(13)23-16/h4-5,8-9,11-12H,2-3,6-7,10H2,1H3,(H,18,20)/t11-,12-/m0/s1. The zero-order chi connectivity index (χ0) is 16.2. The smallest absolute Gasteiger partial charge is 0.310 e. The normalized spacial score (nSPS) is 21.1. The van der Waals surface area contributed by atoms with Crippen LogP contribution in [0.1, 0.15) is 36.6 Å². The zero-order valence-electron chi connectivity index (χ0n) is 13.1. The minimum absolute atomic E-state index is 0.0957. The van der Waals surface area contributed by atoms with E-state index in [9.17, 15) is 9.59 Å². The number of nitrogens with zero attached hydrogens (tertiary/aromatic N) is 1. The summed E-state index contributed by atoms with van der Waals surface area (Å²) in [6.45, 7) is -0.210. The number of ether oxygens (including phenoxy) is 1. The third kappa shape index (κ3) is 3.52. The summed E-state index contributed by atoms with van der Waals surface area (Å²) in [4.78, 5) is 28.4. The second kappa shape index (κ2) is 7.08. The Morgan fingerprint density at radius 2 is 2.09 bits per heavy atom. The van der Waals surface area contributed by atoms with Crippen LogP contribution in [0.2, 0.25) is 0 Å². The fraction of sp³-hybridized carbons (Fsp3) is 0.471. The molecule has 1 amide bonds. The first kappa shape index (κ1) is 15.9. The summed E-state index contributed by atoms with van der Waals surface area (Å²) < 4.78 is 6.33. The van der Waals surface area contributed by atoms with Crippen molar-refractivity contribution in [3.05, 3.63) is 29.3 Å². The highest BCUT2D eigenvalue weighted by atomic mass is 32.1. The molecule has 0 saturated heterocycles. The Kier molecular flexibility index (Phi) is 4.91. The number of esters is 1. The molecule has 2 atom stereocenters. The second-order valence-electron chi connectivity index (χ2n) is 5.80. The van der Waals surface area contributed by atoms with Gasteiger partial charge in [0.15, 0.2) is 6.61 Å². The summed E-state index contributed by atoms with van der Waals surface area (Å²) in [6, 6.07) is 8.03. The van der Waals surface area contributed by atoms with Gasteiger partial charge in [-0.1, -0.05) is 25.0 Å². The highest BCUT2D eigenvalue weighted by Crippen LogP contribution is 2.41. The number of thiazole rings is 1. The summed E-state index contributed by atoms with van der Waals surface area (Å²) in [5.74, 6) is -0.671. The van der Waals surface area contributed by atoms with Crippen molar-refractivity contribution in [3.8, 4) is 0 Å². The Labute approximate surface area is 139 Å². The van der Waals surface area contributed by atoms with Gasteiger partial charge < -0.3 is 10.1 Å². The predicted octanol–water partition coefficient (Wildman–Crippen LogP) is 2.86. The van der Waals surface area contributed by atoms with E-state index in [1.165, 1.54) is 7.05 Å². The van der Waals surface area contributed by atoms with E-state index in [1.54, 1.807) is 11.3 Å². The molecule has 1 aliphatic carbocycles. The Morgan fingerprint density at radius 3 is 2.87 bits per heavy atom. The number of nitrogens with one attached hydrogen (secondary N) is 1. The Bertz CT molecular complexity index is 680. The van der Waals surface area contributed by atoms with Crippen LogP contribution in [0.25, 0.3) is 10.2 Å². The fourth-order valence-electron chi connectivity index (χ4n) is 3.07. The number of benzene rings is 1. The number of hydrogen-bond donors (Lipinski definition) is 1. The Hall–Kier alpha value is -1.95. The first-order valence-corrected chi connectivity index (χ1v) is 8.73. The SMILES string of the molecule is CNC(=O)COC(=O)[C@H]1CCCC[C@@H]1c1nc2ccccc2s1. The Morgan fingerprint density at radius 1 is 1.30 bits per heavy atom. The number of hydrogen-bond acceptors (Lipinski definition) is 5. The Balaban J connectivity index is 1.78. The minimum Gasteiger partial charge on any atom is -0.455 e. The van der Waals surface area contributed by atoms with Crippen molar-refractivity contribution >= 4 is 33.4 Å². The molecule has 0 radical (unpaired) electrons. The molecule has 1 aromatic carbocycles. The van der Waals surface area contributed by atoms with E-state index in [0.29, 0.717) is 0 Å². The molecule has 122 valence electrons. The van der Waals surface area contributed by atoms with Crippen LogP contribution >= 0.6 is 11.3 Å². The topological polar surface area (TPSA) is 68.3 Å². The van der Waals surface area contributed by atoms with Gasteiger partial charge in [0.2, 0.25) is 0 Å². The number of carbonyl (C=O) groups is 2.